The summed E-state index contributed by atoms with van der Waals surface area (Å²) in [5.41, 5.74) is 3.19. The molecule has 7 nitrogen and oxygen atoms in total. The van der Waals surface area contributed by atoms with Crippen LogP contribution in [0.15, 0.2) is 91.0 Å². The maximum atomic E-state index is 11.9. The van der Waals surface area contributed by atoms with Crippen LogP contribution in [0, 0.1) is 12.3 Å². The summed E-state index contributed by atoms with van der Waals surface area (Å²) < 4.78 is 38.2. The van der Waals surface area contributed by atoms with Crippen molar-refractivity contribution < 1.29 is 33.2 Å². The lowest BCUT2D eigenvalue weighted by molar-refractivity contribution is -0.330. The van der Waals surface area contributed by atoms with Crippen LogP contribution in [0.3, 0.4) is 0 Å². The molecule has 44 heavy (non-hydrogen) atoms. The van der Waals surface area contributed by atoms with Crippen molar-refractivity contribution in [1.82, 2.24) is 0 Å². The number of methoxy groups -OCH3 is 1. The number of hydrogen-bond donors (Lipinski definition) is 0. The van der Waals surface area contributed by atoms with Gasteiger partial charge in [-0.05, 0) is 55.2 Å². The minimum atomic E-state index is -0.689. The first-order valence-electron chi connectivity index (χ1n) is 15.8. The van der Waals surface area contributed by atoms with Crippen molar-refractivity contribution in [3.63, 3.8) is 0 Å². The highest BCUT2D eigenvalue weighted by Crippen LogP contribution is 2.36. The Hall–Kier alpha value is -3.07. The summed E-state index contributed by atoms with van der Waals surface area (Å²) >= 11 is 0. The molecule has 0 unspecified atom stereocenters. The van der Waals surface area contributed by atoms with E-state index in [0.29, 0.717) is 32.7 Å². The molecule has 0 aromatic heterocycles. The molecule has 2 aliphatic rings. The van der Waals surface area contributed by atoms with Gasteiger partial charge in [-0.2, -0.15) is 0 Å². The zero-order valence-electron chi connectivity index (χ0n) is 25.8. The second-order valence-electron chi connectivity index (χ2n) is 11.6. The highest BCUT2D eigenvalue weighted by molar-refractivity contribution is 5.69. The molecule has 3 aromatic carbocycles. The summed E-state index contributed by atoms with van der Waals surface area (Å²) in [5, 5.41) is 0. The van der Waals surface area contributed by atoms with Gasteiger partial charge in [-0.25, -0.2) is 0 Å². The lowest BCUT2D eigenvalue weighted by Crippen LogP contribution is -2.60. The molecule has 1 saturated heterocycles. The Morgan fingerprint density at radius 2 is 1.27 bits per heavy atom. The zero-order chi connectivity index (χ0) is 30.6. The summed E-state index contributed by atoms with van der Waals surface area (Å²) in [6.07, 6.45) is 3.66. The third kappa shape index (κ3) is 9.22. The SMILES string of the molecule is COC(=O)CC[C@H]1CCC[CH][C@H]1O[C@@H]1O[C@H](C)[C@H](OCc2ccccc2)[C@H](OCc2ccccc2)[C@H]1OCc1ccccc1. The fourth-order valence-corrected chi connectivity index (χ4v) is 6.03. The van der Waals surface area contributed by atoms with Crippen molar-refractivity contribution in [2.24, 2.45) is 5.92 Å². The summed E-state index contributed by atoms with van der Waals surface area (Å²) in [7, 11) is 1.43. The molecule has 1 saturated carbocycles. The van der Waals surface area contributed by atoms with Crippen molar-refractivity contribution in [3.05, 3.63) is 114 Å². The van der Waals surface area contributed by atoms with Crippen LogP contribution in [0.1, 0.15) is 55.7 Å². The molecule has 5 rings (SSSR count). The number of ether oxygens (including phenoxy) is 6. The fourth-order valence-electron chi connectivity index (χ4n) is 6.03. The number of carbonyl (C=O) groups is 1. The van der Waals surface area contributed by atoms with Crippen LogP contribution < -0.4 is 0 Å². The van der Waals surface area contributed by atoms with Gasteiger partial charge >= 0.3 is 5.97 Å². The molecule has 1 heterocycles. The average Bonchev–Trinajstić information content (AvgIpc) is 3.07. The Balaban J connectivity index is 1.39. The van der Waals surface area contributed by atoms with E-state index in [1.54, 1.807) is 0 Å². The summed E-state index contributed by atoms with van der Waals surface area (Å²) in [5.74, 6) is -0.0130. The first kappa shape index (κ1) is 32.3. The van der Waals surface area contributed by atoms with E-state index in [0.717, 1.165) is 36.0 Å². The van der Waals surface area contributed by atoms with Crippen LogP contribution in [0.2, 0.25) is 0 Å². The smallest absolute Gasteiger partial charge is 0.305 e. The predicted molar refractivity (Wildman–Crippen MR) is 167 cm³/mol. The lowest BCUT2D eigenvalue weighted by Gasteiger charge is -2.46. The number of rotatable bonds is 14. The Morgan fingerprint density at radius 1 is 0.750 bits per heavy atom. The standard InChI is InChI=1S/C37H45O7/c1-27-34(40-24-28-14-6-3-7-15-28)35(41-25-29-16-8-4-9-17-29)36(42-26-30-18-10-5-11-19-30)37(43-27)44-32-21-13-12-20-31(32)22-23-33(38)39-2/h3-11,14-19,21,27,31-32,34-37H,12-13,20,22-26H2,1-2H3/t27-,31-,32-,34+,35+,36-,37+/m1/s1. The highest BCUT2D eigenvalue weighted by Gasteiger charge is 2.48. The number of esters is 1. The Bertz CT molecular complexity index is 1240. The van der Waals surface area contributed by atoms with E-state index in [1.807, 2.05) is 73.7 Å². The first-order chi connectivity index (χ1) is 21.6. The molecule has 1 aliphatic carbocycles. The quantitative estimate of drug-likeness (QED) is 0.188. The first-order valence-corrected chi connectivity index (χ1v) is 15.8. The Labute approximate surface area is 261 Å². The van der Waals surface area contributed by atoms with Gasteiger partial charge in [-0.1, -0.05) is 97.4 Å². The topological polar surface area (TPSA) is 72.5 Å². The van der Waals surface area contributed by atoms with Crippen LogP contribution in [0.25, 0.3) is 0 Å². The predicted octanol–water partition coefficient (Wildman–Crippen LogP) is 6.83. The van der Waals surface area contributed by atoms with Crippen LogP contribution in [0.4, 0.5) is 0 Å². The van der Waals surface area contributed by atoms with Crippen LogP contribution >= 0.6 is 0 Å². The van der Waals surface area contributed by atoms with Crippen molar-refractivity contribution in [2.75, 3.05) is 7.11 Å². The molecule has 235 valence electrons. The molecule has 0 spiro atoms. The summed E-state index contributed by atoms with van der Waals surface area (Å²) in [4.78, 5) is 11.9. The van der Waals surface area contributed by atoms with E-state index in [4.69, 9.17) is 28.4 Å². The van der Waals surface area contributed by atoms with Crippen molar-refractivity contribution in [2.45, 2.75) is 95.7 Å². The Morgan fingerprint density at radius 3 is 1.82 bits per heavy atom. The molecule has 0 bridgehead atoms. The number of benzene rings is 3. The molecule has 2 fully saturated rings. The monoisotopic (exact) mass is 601 g/mol. The second-order valence-corrected chi connectivity index (χ2v) is 11.6. The molecule has 0 amide bonds. The molecule has 3 aromatic rings. The van der Waals surface area contributed by atoms with Gasteiger partial charge in [-0.3, -0.25) is 4.79 Å². The maximum Gasteiger partial charge on any atom is 0.305 e. The Kier molecular flexibility index (Phi) is 12.4. The lowest BCUT2D eigenvalue weighted by atomic mass is 9.83. The van der Waals surface area contributed by atoms with Gasteiger partial charge in [0.1, 0.15) is 18.3 Å². The van der Waals surface area contributed by atoms with Gasteiger partial charge < -0.3 is 28.4 Å². The minimum Gasteiger partial charge on any atom is -0.469 e. The third-order valence-corrected chi connectivity index (χ3v) is 8.46. The van der Waals surface area contributed by atoms with Gasteiger partial charge in [0.25, 0.3) is 0 Å². The molecule has 1 radical (unpaired) electrons. The molecule has 7 atom stereocenters. The molecule has 7 heteroatoms. The number of hydrogen-bond acceptors (Lipinski definition) is 7. The highest BCUT2D eigenvalue weighted by atomic mass is 16.7. The van der Waals surface area contributed by atoms with Gasteiger partial charge in [0.15, 0.2) is 6.29 Å². The van der Waals surface area contributed by atoms with Gasteiger partial charge in [-0.15, -0.1) is 0 Å². The third-order valence-electron chi connectivity index (χ3n) is 8.46. The average molecular weight is 602 g/mol. The summed E-state index contributed by atoms with van der Waals surface area (Å²) in [6, 6.07) is 30.3. The fraction of sp³-hybridized carbons (Fsp3) is 0.459. The second kappa shape index (κ2) is 16.8. The van der Waals surface area contributed by atoms with E-state index in [9.17, 15) is 4.79 Å². The minimum absolute atomic E-state index is 0.176. The largest absolute Gasteiger partial charge is 0.469 e. The van der Waals surface area contributed by atoms with Crippen LogP contribution in [-0.4, -0.2) is 49.9 Å². The normalized spacial score (nSPS) is 27.1. The maximum absolute atomic E-state index is 11.9. The van der Waals surface area contributed by atoms with Crippen molar-refractivity contribution in [3.8, 4) is 0 Å². The molecular formula is C37H45O7. The van der Waals surface area contributed by atoms with E-state index in [1.165, 1.54) is 7.11 Å². The van der Waals surface area contributed by atoms with E-state index < -0.39 is 24.6 Å². The molecule has 0 N–H and O–H groups in total. The summed E-state index contributed by atoms with van der Waals surface area (Å²) in [6.45, 7) is 3.21. The van der Waals surface area contributed by atoms with Crippen LogP contribution in [0.5, 0.6) is 0 Å². The van der Waals surface area contributed by atoms with Crippen molar-refractivity contribution >= 4 is 5.97 Å². The van der Waals surface area contributed by atoms with E-state index in [2.05, 4.69) is 30.7 Å². The van der Waals surface area contributed by atoms with Crippen molar-refractivity contribution in [1.29, 1.82) is 0 Å². The van der Waals surface area contributed by atoms with Gasteiger partial charge in [0, 0.05) is 6.42 Å². The van der Waals surface area contributed by atoms with E-state index in [-0.39, 0.29) is 24.1 Å². The number of carbonyl (C=O) groups excluding carboxylic acids is 1. The van der Waals surface area contributed by atoms with Gasteiger partial charge in [0.2, 0.25) is 0 Å². The zero-order valence-corrected chi connectivity index (χ0v) is 25.8. The van der Waals surface area contributed by atoms with Gasteiger partial charge in [0.05, 0.1) is 39.1 Å². The van der Waals surface area contributed by atoms with E-state index >= 15 is 0 Å². The molecular weight excluding hydrogens is 556 g/mol. The molecule has 1 aliphatic heterocycles. The van der Waals surface area contributed by atoms with Crippen LogP contribution in [-0.2, 0) is 53.0 Å².